The maximum Gasteiger partial charge on any atom is 0.253 e. The normalized spacial score (nSPS) is 10.2. The van der Waals surface area contributed by atoms with Crippen LogP contribution in [-0.4, -0.2) is 10.9 Å². The third-order valence-corrected chi connectivity index (χ3v) is 3.25. The molecule has 0 aliphatic carbocycles. The molecule has 0 bridgehead atoms. The SMILES string of the molecule is Nc1cc(Cl)c(Cl)c(C(=O)NCc2ccccn2)c1. The largest absolute Gasteiger partial charge is 0.399 e. The number of benzene rings is 1. The Hall–Kier alpha value is -1.78. The first-order chi connectivity index (χ1) is 9.08. The second kappa shape index (κ2) is 5.91. The number of nitrogens with zero attached hydrogens (tertiary/aromatic N) is 1. The number of aromatic nitrogens is 1. The third-order valence-electron chi connectivity index (χ3n) is 2.45. The first-order valence-corrected chi connectivity index (χ1v) is 6.26. The van der Waals surface area contributed by atoms with Crippen molar-refractivity contribution < 1.29 is 4.79 Å². The number of carbonyl (C=O) groups excluding carboxylic acids is 1. The van der Waals surface area contributed by atoms with Crippen LogP contribution in [0.3, 0.4) is 0 Å². The standard InChI is InChI=1S/C13H11Cl2N3O/c14-11-6-8(16)5-10(12(11)15)13(19)18-7-9-3-1-2-4-17-9/h1-6H,7,16H2,(H,18,19). The molecule has 0 spiro atoms. The lowest BCUT2D eigenvalue weighted by atomic mass is 10.2. The van der Waals surface area contributed by atoms with Gasteiger partial charge in [-0.05, 0) is 24.3 Å². The average Bonchev–Trinajstić information content (AvgIpc) is 2.41. The number of nitrogen functional groups attached to an aromatic ring is 1. The molecule has 0 unspecified atom stereocenters. The second-order valence-electron chi connectivity index (χ2n) is 3.87. The van der Waals surface area contributed by atoms with Crippen molar-refractivity contribution in [2.75, 3.05) is 5.73 Å². The van der Waals surface area contributed by atoms with Gasteiger partial charge >= 0.3 is 0 Å². The maximum absolute atomic E-state index is 12.0. The summed E-state index contributed by atoms with van der Waals surface area (Å²) in [5, 5.41) is 3.15. The van der Waals surface area contributed by atoms with E-state index in [0.717, 1.165) is 5.69 Å². The topological polar surface area (TPSA) is 68.0 Å². The van der Waals surface area contributed by atoms with Crippen LogP contribution in [0, 0.1) is 0 Å². The van der Waals surface area contributed by atoms with Crippen molar-refractivity contribution >= 4 is 34.8 Å². The fourth-order valence-electron chi connectivity index (χ4n) is 1.54. The second-order valence-corrected chi connectivity index (χ2v) is 4.65. The molecule has 2 aromatic rings. The maximum atomic E-state index is 12.0. The van der Waals surface area contributed by atoms with E-state index in [-0.39, 0.29) is 21.5 Å². The Labute approximate surface area is 120 Å². The highest BCUT2D eigenvalue weighted by Crippen LogP contribution is 2.28. The number of amides is 1. The van der Waals surface area contributed by atoms with Crippen LogP contribution >= 0.6 is 23.2 Å². The van der Waals surface area contributed by atoms with Gasteiger partial charge in [0, 0.05) is 11.9 Å². The molecule has 1 aromatic heterocycles. The lowest BCUT2D eigenvalue weighted by molar-refractivity contribution is 0.0950. The molecule has 1 amide bonds. The Morgan fingerprint density at radius 1 is 1.32 bits per heavy atom. The molecule has 98 valence electrons. The number of hydrogen-bond donors (Lipinski definition) is 2. The van der Waals surface area contributed by atoms with Crippen LogP contribution in [0.15, 0.2) is 36.5 Å². The number of halogens is 2. The first-order valence-electron chi connectivity index (χ1n) is 5.50. The summed E-state index contributed by atoms with van der Waals surface area (Å²) in [6.45, 7) is 0.308. The Morgan fingerprint density at radius 2 is 2.11 bits per heavy atom. The van der Waals surface area contributed by atoms with Gasteiger partial charge in [-0.15, -0.1) is 0 Å². The highest BCUT2D eigenvalue weighted by Gasteiger charge is 2.14. The van der Waals surface area contributed by atoms with Crippen LogP contribution in [0.1, 0.15) is 16.1 Å². The summed E-state index contributed by atoms with van der Waals surface area (Å²) in [7, 11) is 0. The summed E-state index contributed by atoms with van der Waals surface area (Å²) in [6.07, 6.45) is 1.66. The summed E-state index contributed by atoms with van der Waals surface area (Å²) < 4.78 is 0. The molecular weight excluding hydrogens is 285 g/mol. The molecule has 0 saturated carbocycles. The Kier molecular flexibility index (Phi) is 4.24. The van der Waals surface area contributed by atoms with E-state index in [9.17, 15) is 4.79 Å². The number of nitrogens with one attached hydrogen (secondary N) is 1. The third kappa shape index (κ3) is 3.36. The first kappa shape index (κ1) is 13.6. The molecule has 0 aliphatic heterocycles. The van der Waals surface area contributed by atoms with Gasteiger partial charge in [-0.1, -0.05) is 29.3 Å². The number of hydrogen-bond acceptors (Lipinski definition) is 3. The smallest absolute Gasteiger partial charge is 0.253 e. The molecule has 1 heterocycles. The minimum atomic E-state index is -0.343. The van der Waals surface area contributed by atoms with Gasteiger partial charge in [-0.2, -0.15) is 0 Å². The molecule has 3 N–H and O–H groups in total. The van der Waals surface area contributed by atoms with Gasteiger partial charge in [0.25, 0.3) is 5.91 Å². The van der Waals surface area contributed by atoms with Crippen molar-refractivity contribution in [3.8, 4) is 0 Å². The molecule has 0 atom stereocenters. The Morgan fingerprint density at radius 3 is 2.79 bits per heavy atom. The van der Waals surface area contributed by atoms with Gasteiger partial charge in [0.2, 0.25) is 0 Å². The lowest BCUT2D eigenvalue weighted by Gasteiger charge is -2.08. The monoisotopic (exact) mass is 295 g/mol. The van der Waals surface area contributed by atoms with Crippen LogP contribution in [-0.2, 0) is 6.54 Å². The van der Waals surface area contributed by atoms with E-state index in [1.807, 2.05) is 12.1 Å². The van der Waals surface area contributed by atoms with Crippen molar-refractivity contribution in [2.24, 2.45) is 0 Å². The van der Waals surface area contributed by atoms with Gasteiger partial charge in [0.15, 0.2) is 0 Å². The molecule has 0 aliphatic rings. The molecule has 1 aromatic carbocycles. The van der Waals surface area contributed by atoms with Crippen molar-refractivity contribution in [3.05, 3.63) is 57.8 Å². The van der Waals surface area contributed by atoms with E-state index in [1.54, 1.807) is 12.3 Å². The quantitative estimate of drug-likeness (QED) is 0.856. The fraction of sp³-hybridized carbons (Fsp3) is 0.0769. The predicted molar refractivity (Wildman–Crippen MR) is 76.3 cm³/mol. The van der Waals surface area contributed by atoms with Gasteiger partial charge < -0.3 is 11.1 Å². The van der Waals surface area contributed by atoms with Crippen molar-refractivity contribution in [1.82, 2.24) is 10.3 Å². The summed E-state index contributed by atoms with van der Waals surface area (Å²) in [5.74, 6) is -0.343. The van der Waals surface area contributed by atoms with E-state index < -0.39 is 0 Å². The summed E-state index contributed by atoms with van der Waals surface area (Å²) in [4.78, 5) is 16.1. The minimum Gasteiger partial charge on any atom is -0.399 e. The summed E-state index contributed by atoms with van der Waals surface area (Å²) >= 11 is 11.9. The number of carbonyl (C=O) groups is 1. The van der Waals surface area contributed by atoms with Crippen LogP contribution in [0.4, 0.5) is 5.69 Å². The molecule has 2 rings (SSSR count). The fourth-order valence-corrected chi connectivity index (χ4v) is 1.97. The van der Waals surface area contributed by atoms with Crippen LogP contribution in [0.25, 0.3) is 0 Å². The Bertz CT molecular complexity index is 602. The average molecular weight is 296 g/mol. The molecule has 0 fully saturated rings. The number of anilines is 1. The molecule has 0 radical (unpaired) electrons. The number of nitrogens with two attached hydrogens (primary N) is 1. The van der Waals surface area contributed by atoms with Gasteiger partial charge in [0.05, 0.1) is 27.8 Å². The lowest BCUT2D eigenvalue weighted by Crippen LogP contribution is -2.23. The molecule has 6 heteroatoms. The van der Waals surface area contributed by atoms with E-state index in [4.69, 9.17) is 28.9 Å². The number of pyridine rings is 1. The van der Waals surface area contributed by atoms with Crippen molar-refractivity contribution in [3.63, 3.8) is 0 Å². The van der Waals surface area contributed by atoms with Gasteiger partial charge in [0.1, 0.15) is 0 Å². The van der Waals surface area contributed by atoms with Crippen LogP contribution in [0.5, 0.6) is 0 Å². The highest BCUT2D eigenvalue weighted by molar-refractivity contribution is 6.44. The van der Waals surface area contributed by atoms with Crippen LogP contribution < -0.4 is 11.1 Å². The Balaban J connectivity index is 2.13. The zero-order valence-corrected chi connectivity index (χ0v) is 11.4. The van der Waals surface area contributed by atoms with Crippen molar-refractivity contribution in [1.29, 1.82) is 0 Å². The highest BCUT2D eigenvalue weighted by atomic mass is 35.5. The minimum absolute atomic E-state index is 0.189. The molecule has 4 nitrogen and oxygen atoms in total. The van der Waals surface area contributed by atoms with Gasteiger partial charge in [-0.3, -0.25) is 9.78 Å². The molecular formula is C13H11Cl2N3O. The zero-order valence-electron chi connectivity index (χ0n) is 9.86. The zero-order chi connectivity index (χ0) is 13.8. The molecule has 0 saturated heterocycles. The summed E-state index contributed by atoms with van der Waals surface area (Å²) in [5.41, 5.74) is 7.03. The van der Waals surface area contributed by atoms with Crippen LogP contribution in [0.2, 0.25) is 10.0 Å². The van der Waals surface area contributed by atoms with Gasteiger partial charge in [-0.25, -0.2) is 0 Å². The van der Waals surface area contributed by atoms with Crippen molar-refractivity contribution in [2.45, 2.75) is 6.54 Å². The number of rotatable bonds is 3. The van der Waals surface area contributed by atoms with E-state index in [1.165, 1.54) is 12.1 Å². The predicted octanol–water partition coefficient (Wildman–Crippen LogP) is 2.90. The van der Waals surface area contributed by atoms with E-state index >= 15 is 0 Å². The van der Waals surface area contributed by atoms with E-state index in [2.05, 4.69) is 10.3 Å². The van der Waals surface area contributed by atoms with E-state index in [0.29, 0.717) is 12.2 Å². The summed E-state index contributed by atoms with van der Waals surface area (Å²) in [6, 6.07) is 8.45. The molecule has 19 heavy (non-hydrogen) atoms.